The number of hydrogen-bond donors (Lipinski definition) is 1. The summed E-state index contributed by atoms with van der Waals surface area (Å²) >= 11 is 0. The molecule has 1 heterocycles. The second kappa shape index (κ2) is 7.58. The Morgan fingerprint density at radius 3 is 2.25 bits per heavy atom. The highest BCUT2D eigenvalue weighted by atomic mass is 16.2. The molecule has 0 radical (unpaired) electrons. The van der Waals surface area contributed by atoms with E-state index in [0.29, 0.717) is 17.5 Å². The van der Waals surface area contributed by atoms with Crippen LogP contribution in [0.1, 0.15) is 78.8 Å². The van der Waals surface area contributed by atoms with Gasteiger partial charge in [0.1, 0.15) is 0 Å². The maximum Gasteiger partial charge on any atom is 0.274 e. The Morgan fingerprint density at radius 2 is 1.64 bits per heavy atom. The van der Waals surface area contributed by atoms with Crippen LogP contribution in [0.25, 0.3) is 5.69 Å². The monoisotopic (exact) mass is 374 g/mol. The molecule has 144 valence electrons. The van der Waals surface area contributed by atoms with Gasteiger partial charge in [-0.25, -0.2) is 4.68 Å². The molecule has 0 saturated heterocycles. The minimum Gasteiger partial charge on any atom is -0.344 e. The van der Waals surface area contributed by atoms with Gasteiger partial charge in [0.15, 0.2) is 5.69 Å². The van der Waals surface area contributed by atoms with E-state index in [0.717, 1.165) is 29.8 Å². The number of carbonyl (C=O) groups excluding carboxylic acids is 1. The summed E-state index contributed by atoms with van der Waals surface area (Å²) in [5.41, 5.74) is 4.68. The topological polar surface area (TPSA) is 59.8 Å². The molecule has 0 bridgehead atoms. The molecular formula is C23H26N4O. The van der Waals surface area contributed by atoms with Crippen molar-refractivity contribution >= 4 is 5.91 Å². The third kappa shape index (κ3) is 3.70. The zero-order chi connectivity index (χ0) is 19.7. The van der Waals surface area contributed by atoms with E-state index in [-0.39, 0.29) is 11.9 Å². The van der Waals surface area contributed by atoms with Crippen molar-refractivity contribution in [1.82, 2.24) is 20.3 Å². The van der Waals surface area contributed by atoms with E-state index >= 15 is 0 Å². The summed E-state index contributed by atoms with van der Waals surface area (Å²) in [7, 11) is 0. The summed E-state index contributed by atoms with van der Waals surface area (Å²) in [6.45, 7) is 6.35. The van der Waals surface area contributed by atoms with Crippen LogP contribution in [0.2, 0.25) is 0 Å². The molecule has 0 spiro atoms. The van der Waals surface area contributed by atoms with E-state index in [2.05, 4.69) is 53.7 Å². The zero-order valence-electron chi connectivity index (χ0n) is 16.6. The van der Waals surface area contributed by atoms with Crippen molar-refractivity contribution < 1.29 is 4.79 Å². The molecule has 5 nitrogen and oxygen atoms in total. The highest BCUT2D eigenvalue weighted by molar-refractivity contribution is 5.94. The first-order valence-electron chi connectivity index (χ1n) is 9.96. The molecular weight excluding hydrogens is 348 g/mol. The van der Waals surface area contributed by atoms with E-state index < -0.39 is 0 Å². The van der Waals surface area contributed by atoms with Crippen molar-refractivity contribution in [2.45, 2.75) is 51.5 Å². The lowest BCUT2D eigenvalue weighted by molar-refractivity contribution is 0.0933. The molecule has 1 N–H and O–H groups in total. The van der Waals surface area contributed by atoms with Gasteiger partial charge in [0.25, 0.3) is 5.91 Å². The smallest absolute Gasteiger partial charge is 0.274 e. The maximum absolute atomic E-state index is 13.0. The van der Waals surface area contributed by atoms with Crippen LogP contribution in [0.4, 0.5) is 0 Å². The molecule has 1 aliphatic carbocycles. The van der Waals surface area contributed by atoms with Gasteiger partial charge in [-0.1, -0.05) is 61.5 Å². The van der Waals surface area contributed by atoms with E-state index in [9.17, 15) is 4.79 Å². The summed E-state index contributed by atoms with van der Waals surface area (Å²) in [6, 6.07) is 18.2. The van der Waals surface area contributed by atoms with Crippen LogP contribution in [0, 0.1) is 0 Å². The van der Waals surface area contributed by atoms with Crippen LogP contribution in [-0.2, 0) is 0 Å². The number of hydrogen-bond acceptors (Lipinski definition) is 3. The highest BCUT2D eigenvalue weighted by Crippen LogP contribution is 2.42. The van der Waals surface area contributed by atoms with Crippen LogP contribution in [0.15, 0.2) is 54.6 Å². The number of nitrogens with zero attached hydrogens (tertiary/aromatic N) is 3. The first-order valence-corrected chi connectivity index (χ1v) is 9.96. The highest BCUT2D eigenvalue weighted by Gasteiger charge is 2.34. The normalized spacial score (nSPS) is 14.9. The van der Waals surface area contributed by atoms with E-state index in [4.69, 9.17) is 0 Å². The summed E-state index contributed by atoms with van der Waals surface area (Å²) in [5, 5.41) is 11.6. The first-order chi connectivity index (χ1) is 13.5. The molecule has 4 rings (SSSR count). The molecule has 2 aromatic carbocycles. The van der Waals surface area contributed by atoms with E-state index in [1.165, 1.54) is 5.56 Å². The number of para-hydroxylation sites is 1. The molecule has 5 heteroatoms. The van der Waals surface area contributed by atoms with Gasteiger partial charge in [-0.05, 0) is 48.9 Å². The number of nitrogens with one attached hydrogen (secondary N) is 1. The predicted octanol–water partition coefficient (Wildman–Crippen LogP) is 4.76. The summed E-state index contributed by atoms with van der Waals surface area (Å²) in [5.74, 6) is 0.689. The Balaban J connectivity index is 1.56. The number of amides is 1. The fraction of sp³-hybridized carbons (Fsp3) is 0.348. The van der Waals surface area contributed by atoms with Gasteiger partial charge >= 0.3 is 0 Å². The van der Waals surface area contributed by atoms with Crippen LogP contribution in [-0.4, -0.2) is 20.9 Å². The van der Waals surface area contributed by atoms with E-state index in [1.54, 1.807) is 0 Å². The van der Waals surface area contributed by atoms with Gasteiger partial charge < -0.3 is 5.32 Å². The molecule has 1 aliphatic rings. The largest absolute Gasteiger partial charge is 0.344 e. The standard InChI is InChI=1S/C23H26N4O/c1-15(2)17-9-11-18(12-10-17)16(3)24-23(28)21-22(19-13-14-19)27(26-25-21)20-7-5-4-6-8-20/h4-12,15-16,19H,13-14H2,1-3H3,(H,24,28). The third-order valence-electron chi connectivity index (χ3n) is 5.34. The summed E-state index contributed by atoms with van der Waals surface area (Å²) in [4.78, 5) is 13.0. The summed E-state index contributed by atoms with van der Waals surface area (Å²) in [6.07, 6.45) is 2.15. The van der Waals surface area contributed by atoms with E-state index in [1.807, 2.05) is 41.9 Å². The van der Waals surface area contributed by atoms with Crippen LogP contribution < -0.4 is 5.32 Å². The van der Waals surface area contributed by atoms with Gasteiger partial charge in [-0.2, -0.15) is 0 Å². The minimum absolute atomic E-state index is 0.0948. The number of aromatic nitrogens is 3. The molecule has 1 unspecified atom stereocenters. The third-order valence-corrected chi connectivity index (χ3v) is 5.34. The Bertz CT molecular complexity index is 956. The van der Waals surface area contributed by atoms with Gasteiger partial charge in [-0.3, -0.25) is 4.79 Å². The molecule has 1 aromatic heterocycles. The van der Waals surface area contributed by atoms with Crippen molar-refractivity contribution in [3.63, 3.8) is 0 Å². The van der Waals surface area contributed by atoms with Crippen molar-refractivity contribution in [2.75, 3.05) is 0 Å². The van der Waals surface area contributed by atoms with Gasteiger partial charge in [-0.15, -0.1) is 5.10 Å². The van der Waals surface area contributed by atoms with Crippen molar-refractivity contribution in [1.29, 1.82) is 0 Å². The Labute approximate surface area is 165 Å². The van der Waals surface area contributed by atoms with Gasteiger partial charge in [0.2, 0.25) is 0 Å². The average molecular weight is 374 g/mol. The zero-order valence-corrected chi connectivity index (χ0v) is 16.6. The molecule has 1 atom stereocenters. The SMILES string of the molecule is CC(C)c1ccc(C(C)NC(=O)c2nnn(-c3ccccc3)c2C2CC2)cc1. The summed E-state index contributed by atoms with van der Waals surface area (Å²) < 4.78 is 1.81. The molecule has 3 aromatic rings. The fourth-order valence-electron chi connectivity index (χ4n) is 3.45. The lowest BCUT2D eigenvalue weighted by Crippen LogP contribution is -2.28. The van der Waals surface area contributed by atoms with Crippen LogP contribution in [0.5, 0.6) is 0 Å². The number of rotatable bonds is 6. The molecule has 1 amide bonds. The van der Waals surface area contributed by atoms with Gasteiger partial charge in [0, 0.05) is 5.92 Å². The predicted molar refractivity (Wildman–Crippen MR) is 110 cm³/mol. The number of benzene rings is 2. The van der Waals surface area contributed by atoms with Crippen molar-refractivity contribution in [2.24, 2.45) is 0 Å². The molecule has 28 heavy (non-hydrogen) atoms. The Morgan fingerprint density at radius 1 is 1.00 bits per heavy atom. The lowest BCUT2D eigenvalue weighted by atomic mass is 9.99. The first kappa shape index (κ1) is 18.4. The van der Waals surface area contributed by atoms with Crippen molar-refractivity contribution in [3.8, 4) is 5.69 Å². The quantitative estimate of drug-likeness (QED) is 0.677. The fourth-order valence-corrected chi connectivity index (χ4v) is 3.45. The Kier molecular flexibility index (Phi) is 4.99. The second-order valence-corrected chi connectivity index (χ2v) is 7.86. The minimum atomic E-state index is -0.162. The second-order valence-electron chi connectivity index (χ2n) is 7.86. The maximum atomic E-state index is 13.0. The molecule has 1 fully saturated rings. The molecule has 0 aliphatic heterocycles. The van der Waals surface area contributed by atoms with Crippen LogP contribution in [0.3, 0.4) is 0 Å². The molecule has 1 saturated carbocycles. The Hall–Kier alpha value is -2.95. The van der Waals surface area contributed by atoms with Gasteiger partial charge in [0.05, 0.1) is 17.4 Å². The average Bonchev–Trinajstić information content (AvgIpc) is 3.46. The van der Waals surface area contributed by atoms with Crippen LogP contribution >= 0.6 is 0 Å². The lowest BCUT2D eigenvalue weighted by Gasteiger charge is -2.15. The van der Waals surface area contributed by atoms with Crippen molar-refractivity contribution in [3.05, 3.63) is 77.1 Å². The number of carbonyl (C=O) groups is 1.